The van der Waals surface area contributed by atoms with Crippen LogP contribution in [0.2, 0.25) is 0 Å². The number of nitrogens with zero attached hydrogens (tertiary/aromatic N) is 2. The second-order valence-electron chi connectivity index (χ2n) is 5.43. The zero-order valence-corrected chi connectivity index (χ0v) is 13.9. The Morgan fingerprint density at radius 2 is 1.58 bits per heavy atom. The van der Waals surface area contributed by atoms with Crippen molar-refractivity contribution in [3.8, 4) is 0 Å². The molecule has 3 aromatic rings. The van der Waals surface area contributed by atoms with Gasteiger partial charge in [0.2, 0.25) is 5.91 Å². The van der Waals surface area contributed by atoms with Crippen LogP contribution in [0.4, 0.5) is 28.7 Å². The van der Waals surface area contributed by atoms with Crippen LogP contribution in [0, 0.1) is 0 Å². The van der Waals surface area contributed by atoms with Crippen molar-refractivity contribution in [1.29, 1.82) is 0 Å². The number of carbonyl (C=O) groups excluding carboxylic acids is 1. The second kappa shape index (κ2) is 7.98. The van der Waals surface area contributed by atoms with E-state index in [0.29, 0.717) is 22.8 Å². The summed E-state index contributed by atoms with van der Waals surface area (Å²) in [5.41, 5.74) is 3.03. The molecule has 0 aliphatic carbocycles. The number of benzene rings is 2. The topological polar surface area (TPSA) is 78.9 Å². The molecule has 126 valence electrons. The van der Waals surface area contributed by atoms with Crippen molar-refractivity contribution in [3.05, 3.63) is 73.6 Å². The molecule has 2 aromatic carbocycles. The Hall–Kier alpha value is -3.61. The summed E-state index contributed by atoms with van der Waals surface area (Å²) in [7, 11) is 5.78. The van der Waals surface area contributed by atoms with Gasteiger partial charge in [0.05, 0.1) is 0 Å². The molecule has 0 unspecified atom stereocenters. The third-order valence-corrected chi connectivity index (χ3v) is 3.44. The monoisotopic (exact) mass is 341 g/mol. The van der Waals surface area contributed by atoms with Crippen molar-refractivity contribution >= 4 is 47.9 Å². The van der Waals surface area contributed by atoms with Crippen LogP contribution in [0.25, 0.3) is 0 Å². The number of rotatable bonds is 6. The molecule has 0 spiro atoms. The Kier molecular flexibility index (Phi) is 5.29. The number of amides is 1. The van der Waals surface area contributed by atoms with Gasteiger partial charge >= 0.3 is 0 Å². The maximum Gasteiger partial charge on any atom is 0.247 e. The molecule has 0 saturated heterocycles. The summed E-state index contributed by atoms with van der Waals surface area (Å²) in [6.45, 7) is 3.42. The smallest absolute Gasteiger partial charge is 0.247 e. The molecule has 3 rings (SSSR count). The number of carbonyl (C=O) groups is 1. The van der Waals surface area contributed by atoms with Gasteiger partial charge in [0.1, 0.15) is 25.8 Å². The van der Waals surface area contributed by atoms with E-state index in [9.17, 15) is 4.79 Å². The highest BCUT2D eigenvalue weighted by Gasteiger charge is 2.02. The lowest BCUT2D eigenvalue weighted by Gasteiger charge is -2.10. The Morgan fingerprint density at radius 1 is 0.923 bits per heavy atom. The van der Waals surface area contributed by atoms with Crippen molar-refractivity contribution < 1.29 is 4.79 Å². The molecule has 7 heteroatoms. The average molecular weight is 341 g/mol. The van der Waals surface area contributed by atoms with Crippen LogP contribution in [0.3, 0.4) is 0 Å². The molecule has 6 nitrogen and oxygen atoms in total. The first kappa shape index (κ1) is 17.2. The van der Waals surface area contributed by atoms with Crippen molar-refractivity contribution in [2.75, 3.05) is 16.0 Å². The summed E-state index contributed by atoms with van der Waals surface area (Å²) in [6, 6.07) is 16.5. The lowest BCUT2D eigenvalue weighted by atomic mass is 9.96. The summed E-state index contributed by atoms with van der Waals surface area (Å²) in [5.74, 6) is 1.02. The molecule has 26 heavy (non-hydrogen) atoms. The van der Waals surface area contributed by atoms with E-state index >= 15 is 0 Å². The molecular weight excluding hydrogens is 325 g/mol. The van der Waals surface area contributed by atoms with Crippen LogP contribution < -0.4 is 21.4 Å². The van der Waals surface area contributed by atoms with E-state index in [-0.39, 0.29) is 5.91 Å². The molecule has 1 aromatic heterocycles. The number of aromatic nitrogens is 2. The Balaban J connectivity index is 1.68. The van der Waals surface area contributed by atoms with Gasteiger partial charge in [-0.1, -0.05) is 24.2 Å². The van der Waals surface area contributed by atoms with E-state index < -0.39 is 0 Å². The van der Waals surface area contributed by atoms with Crippen LogP contribution in [-0.4, -0.2) is 23.7 Å². The molecular formula is C19H16BN5O. The van der Waals surface area contributed by atoms with E-state index in [0.717, 1.165) is 11.4 Å². The zero-order valence-electron chi connectivity index (χ0n) is 13.9. The molecule has 2 radical (unpaired) electrons. The van der Waals surface area contributed by atoms with E-state index in [1.807, 2.05) is 36.4 Å². The fourth-order valence-electron chi connectivity index (χ4n) is 2.24. The average Bonchev–Trinajstić information content (AvgIpc) is 2.63. The van der Waals surface area contributed by atoms with Crippen LogP contribution in [0.1, 0.15) is 0 Å². The van der Waals surface area contributed by atoms with Crippen LogP contribution in [-0.2, 0) is 4.79 Å². The fourth-order valence-corrected chi connectivity index (χ4v) is 2.24. The standard InChI is InChI=1S/C19H16BN5O/c1-2-19(26)25-15-8-6-14(7-9-15)23-17-11-18(22-12-21-17)24-16-5-3-4-13(20)10-16/h2-12H,1H2,(H,25,26)(H2,21,22,23,24). The molecule has 0 bridgehead atoms. The van der Waals surface area contributed by atoms with Gasteiger partial charge in [0, 0.05) is 23.1 Å². The molecule has 0 aliphatic heterocycles. The fraction of sp³-hybridized carbons (Fsp3) is 0. The van der Waals surface area contributed by atoms with E-state index in [2.05, 4.69) is 32.5 Å². The summed E-state index contributed by atoms with van der Waals surface area (Å²) in [4.78, 5) is 19.7. The van der Waals surface area contributed by atoms with E-state index in [1.165, 1.54) is 12.4 Å². The summed E-state index contributed by atoms with van der Waals surface area (Å²) >= 11 is 0. The Bertz CT molecular complexity index is 927. The predicted molar refractivity (Wildman–Crippen MR) is 106 cm³/mol. The first-order chi connectivity index (χ1) is 12.6. The lowest BCUT2D eigenvalue weighted by Crippen LogP contribution is -2.07. The van der Waals surface area contributed by atoms with Gasteiger partial charge in [-0.15, -0.1) is 0 Å². The summed E-state index contributed by atoms with van der Waals surface area (Å²) in [5, 5.41) is 9.06. The number of nitrogens with one attached hydrogen (secondary N) is 3. The van der Waals surface area contributed by atoms with Crippen LogP contribution >= 0.6 is 0 Å². The van der Waals surface area contributed by atoms with Crippen LogP contribution in [0.5, 0.6) is 0 Å². The molecule has 0 fully saturated rings. The Morgan fingerprint density at radius 3 is 2.23 bits per heavy atom. The molecule has 1 amide bonds. The van der Waals surface area contributed by atoms with Gasteiger partial charge in [-0.3, -0.25) is 4.79 Å². The zero-order chi connectivity index (χ0) is 18.4. The molecule has 0 aliphatic rings. The molecule has 0 atom stereocenters. The van der Waals surface area contributed by atoms with Gasteiger partial charge in [-0.2, -0.15) is 0 Å². The number of hydrogen-bond donors (Lipinski definition) is 3. The third-order valence-electron chi connectivity index (χ3n) is 3.44. The van der Waals surface area contributed by atoms with E-state index in [4.69, 9.17) is 7.85 Å². The SMILES string of the molecule is [B]c1cccc(Nc2cc(Nc3ccc(NC(=O)C=C)cc3)ncn2)c1. The van der Waals surface area contributed by atoms with Gasteiger partial charge < -0.3 is 16.0 Å². The minimum atomic E-state index is -0.251. The first-order valence-corrected chi connectivity index (χ1v) is 7.87. The van der Waals surface area contributed by atoms with Gasteiger partial charge in [0.25, 0.3) is 0 Å². The normalized spacial score (nSPS) is 10.0. The highest BCUT2D eigenvalue weighted by atomic mass is 16.1. The largest absolute Gasteiger partial charge is 0.340 e. The molecule has 0 saturated carbocycles. The quantitative estimate of drug-likeness (QED) is 0.475. The van der Waals surface area contributed by atoms with Crippen molar-refractivity contribution in [2.24, 2.45) is 0 Å². The maximum absolute atomic E-state index is 11.3. The number of anilines is 5. The number of hydrogen-bond acceptors (Lipinski definition) is 5. The summed E-state index contributed by atoms with van der Waals surface area (Å²) in [6.07, 6.45) is 2.69. The Labute approximate surface area is 152 Å². The van der Waals surface area contributed by atoms with E-state index in [1.54, 1.807) is 18.2 Å². The molecule has 3 N–H and O–H groups in total. The third kappa shape index (κ3) is 4.70. The molecule has 1 heterocycles. The lowest BCUT2D eigenvalue weighted by molar-refractivity contribution is -0.111. The van der Waals surface area contributed by atoms with Crippen molar-refractivity contribution in [1.82, 2.24) is 9.97 Å². The van der Waals surface area contributed by atoms with Gasteiger partial charge in [-0.05, 0) is 42.5 Å². The highest BCUT2D eigenvalue weighted by Crippen LogP contribution is 2.20. The summed E-state index contributed by atoms with van der Waals surface area (Å²) < 4.78 is 0. The maximum atomic E-state index is 11.3. The second-order valence-corrected chi connectivity index (χ2v) is 5.43. The highest BCUT2D eigenvalue weighted by molar-refractivity contribution is 6.32. The minimum Gasteiger partial charge on any atom is -0.340 e. The predicted octanol–water partition coefficient (Wildman–Crippen LogP) is 2.88. The van der Waals surface area contributed by atoms with Gasteiger partial charge in [-0.25, -0.2) is 9.97 Å². The minimum absolute atomic E-state index is 0.251. The van der Waals surface area contributed by atoms with Crippen molar-refractivity contribution in [2.45, 2.75) is 0 Å². The van der Waals surface area contributed by atoms with Crippen molar-refractivity contribution in [3.63, 3.8) is 0 Å². The van der Waals surface area contributed by atoms with Gasteiger partial charge in [0.15, 0.2) is 0 Å². The van der Waals surface area contributed by atoms with Crippen LogP contribution in [0.15, 0.2) is 73.6 Å². The first-order valence-electron chi connectivity index (χ1n) is 7.87.